The monoisotopic (exact) mass is 217 g/mol. The Labute approximate surface area is 97.4 Å². The highest BCUT2D eigenvalue weighted by Gasteiger charge is 2.23. The van der Waals surface area contributed by atoms with Crippen molar-refractivity contribution in [3.05, 3.63) is 34.9 Å². The van der Waals surface area contributed by atoms with Crippen LogP contribution in [-0.2, 0) is 4.74 Å². The SMILES string of the molecule is Cc1ccc(C)c(C2=NC(C(C)C)CO2)c1. The topological polar surface area (TPSA) is 21.6 Å². The van der Waals surface area contributed by atoms with E-state index in [0.29, 0.717) is 12.0 Å². The molecule has 0 saturated heterocycles. The van der Waals surface area contributed by atoms with Crippen LogP contribution in [0.25, 0.3) is 0 Å². The molecule has 0 aliphatic carbocycles. The van der Waals surface area contributed by atoms with E-state index in [0.717, 1.165) is 18.1 Å². The van der Waals surface area contributed by atoms with E-state index >= 15 is 0 Å². The largest absolute Gasteiger partial charge is 0.475 e. The van der Waals surface area contributed by atoms with Gasteiger partial charge in [-0.3, -0.25) is 0 Å². The standard InChI is InChI=1S/C14H19NO/c1-9(2)13-8-16-14(15-13)12-7-10(3)5-6-11(12)4/h5-7,9,13H,8H2,1-4H3. The Morgan fingerprint density at radius 2 is 2.06 bits per heavy atom. The number of nitrogens with zero attached hydrogens (tertiary/aromatic N) is 1. The van der Waals surface area contributed by atoms with Crippen molar-refractivity contribution < 1.29 is 4.74 Å². The van der Waals surface area contributed by atoms with Crippen LogP contribution in [0.15, 0.2) is 23.2 Å². The van der Waals surface area contributed by atoms with Gasteiger partial charge in [-0.15, -0.1) is 0 Å². The number of hydrogen-bond acceptors (Lipinski definition) is 2. The first-order valence-corrected chi connectivity index (χ1v) is 5.86. The summed E-state index contributed by atoms with van der Waals surface area (Å²) < 4.78 is 5.70. The molecule has 1 aliphatic rings. The van der Waals surface area contributed by atoms with Crippen LogP contribution in [0, 0.1) is 19.8 Å². The fourth-order valence-electron chi connectivity index (χ4n) is 1.84. The van der Waals surface area contributed by atoms with Crippen molar-refractivity contribution in [3.8, 4) is 0 Å². The van der Waals surface area contributed by atoms with Crippen LogP contribution in [0.4, 0.5) is 0 Å². The summed E-state index contributed by atoms with van der Waals surface area (Å²) >= 11 is 0. The van der Waals surface area contributed by atoms with Crippen molar-refractivity contribution >= 4 is 5.90 Å². The normalized spacial score (nSPS) is 19.8. The highest BCUT2D eigenvalue weighted by molar-refractivity contribution is 5.96. The smallest absolute Gasteiger partial charge is 0.216 e. The van der Waals surface area contributed by atoms with Crippen LogP contribution >= 0.6 is 0 Å². The van der Waals surface area contributed by atoms with E-state index in [2.05, 4.69) is 50.9 Å². The number of rotatable bonds is 2. The van der Waals surface area contributed by atoms with Gasteiger partial charge in [-0.2, -0.15) is 0 Å². The van der Waals surface area contributed by atoms with E-state index in [9.17, 15) is 0 Å². The lowest BCUT2D eigenvalue weighted by Crippen LogP contribution is -2.13. The van der Waals surface area contributed by atoms with Gasteiger partial charge in [-0.1, -0.05) is 31.5 Å². The van der Waals surface area contributed by atoms with Crippen molar-refractivity contribution in [3.63, 3.8) is 0 Å². The van der Waals surface area contributed by atoms with Crippen LogP contribution in [-0.4, -0.2) is 18.5 Å². The zero-order valence-corrected chi connectivity index (χ0v) is 10.4. The quantitative estimate of drug-likeness (QED) is 0.746. The minimum absolute atomic E-state index is 0.315. The Bertz CT molecular complexity index is 421. The minimum Gasteiger partial charge on any atom is -0.475 e. The molecule has 2 rings (SSSR count). The Morgan fingerprint density at radius 3 is 2.69 bits per heavy atom. The number of benzene rings is 1. The Kier molecular flexibility index (Phi) is 2.99. The van der Waals surface area contributed by atoms with Crippen LogP contribution in [0.3, 0.4) is 0 Å². The number of aryl methyl sites for hydroxylation is 2. The van der Waals surface area contributed by atoms with Crippen LogP contribution in [0.5, 0.6) is 0 Å². The van der Waals surface area contributed by atoms with Crippen molar-refractivity contribution in [1.82, 2.24) is 0 Å². The molecule has 86 valence electrons. The molecule has 1 heterocycles. The molecule has 0 aromatic heterocycles. The summed E-state index contributed by atoms with van der Waals surface area (Å²) in [7, 11) is 0. The Hall–Kier alpha value is -1.31. The summed E-state index contributed by atoms with van der Waals surface area (Å²) in [5.41, 5.74) is 3.62. The summed E-state index contributed by atoms with van der Waals surface area (Å²) in [5, 5.41) is 0. The molecular formula is C14H19NO. The highest BCUT2D eigenvalue weighted by atomic mass is 16.5. The van der Waals surface area contributed by atoms with Crippen LogP contribution in [0.1, 0.15) is 30.5 Å². The van der Waals surface area contributed by atoms with Gasteiger partial charge < -0.3 is 4.74 Å². The summed E-state index contributed by atoms with van der Waals surface area (Å²) in [6, 6.07) is 6.71. The number of aliphatic imine (C=N–C) groups is 1. The van der Waals surface area contributed by atoms with Crippen molar-refractivity contribution in [1.29, 1.82) is 0 Å². The zero-order valence-electron chi connectivity index (χ0n) is 10.4. The van der Waals surface area contributed by atoms with Gasteiger partial charge in [0.15, 0.2) is 0 Å². The lowest BCUT2D eigenvalue weighted by molar-refractivity contribution is 0.291. The molecule has 0 fully saturated rings. The number of hydrogen-bond donors (Lipinski definition) is 0. The van der Waals surface area contributed by atoms with Gasteiger partial charge in [0.2, 0.25) is 5.90 Å². The second-order valence-corrected chi connectivity index (χ2v) is 4.87. The van der Waals surface area contributed by atoms with Gasteiger partial charge in [0.05, 0.1) is 6.04 Å². The van der Waals surface area contributed by atoms with Gasteiger partial charge in [-0.25, -0.2) is 4.99 Å². The molecule has 0 saturated carbocycles. The molecule has 0 bridgehead atoms. The van der Waals surface area contributed by atoms with Crippen molar-refractivity contribution in [2.24, 2.45) is 10.9 Å². The lowest BCUT2D eigenvalue weighted by Gasteiger charge is -2.06. The third-order valence-corrected chi connectivity index (χ3v) is 3.07. The van der Waals surface area contributed by atoms with Gasteiger partial charge in [0.1, 0.15) is 6.61 Å². The average molecular weight is 217 g/mol. The molecule has 1 atom stereocenters. The average Bonchev–Trinajstić information content (AvgIpc) is 2.70. The fourth-order valence-corrected chi connectivity index (χ4v) is 1.84. The number of ether oxygens (including phenoxy) is 1. The van der Waals surface area contributed by atoms with Crippen LogP contribution < -0.4 is 0 Å². The summed E-state index contributed by atoms with van der Waals surface area (Å²) in [6.07, 6.45) is 0. The van der Waals surface area contributed by atoms with Gasteiger partial charge in [-0.05, 0) is 31.4 Å². The third-order valence-electron chi connectivity index (χ3n) is 3.07. The fraction of sp³-hybridized carbons (Fsp3) is 0.500. The van der Waals surface area contributed by atoms with Crippen molar-refractivity contribution in [2.75, 3.05) is 6.61 Å². The molecule has 0 N–H and O–H groups in total. The first-order valence-electron chi connectivity index (χ1n) is 5.86. The molecule has 2 nitrogen and oxygen atoms in total. The maximum atomic E-state index is 5.70. The maximum Gasteiger partial charge on any atom is 0.216 e. The van der Waals surface area contributed by atoms with Gasteiger partial charge in [0, 0.05) is 5.56 Å². The molecule has 1 aromatic carbocycles. The Morgan fingerprint density at radius 1 is 1.31 bits per heavy atom. The van der Waals surface area contributed by atoms with E-state index in [1.54, 1.807) is 0 Å². The predicted octanol–water partition coefficient (Wildman–Crippen LogP) is 3.10. The molecule has 1 aromatic rings. The molecule has 2 heteroatoms. The molecule has 1 aliphatic heterocycles. The third kappa shape index (κ3) is 2.11. The lowest BCUT2D eigenvalue weighted by atomic mass is 10.1. The highest BCUT2D eigenvalue weighted by Crippen LogP contribution is 2.20. The first kappa shape index (κ1) is 11.2. The molecule has 0 spiro atoms. The Balaban J connectivity index is 2.32. The first-order chi connectivity index (χ1) is 7.58. The van der Waals surface area contributed by atoms with E-state index in [-0.39, 0.29) is 0 Å². The van der Waals surface area contributed by atoms with E-state index < -0.39 is 0 Å². The van der Waals surface area contributed by atoms with Gasteiger partial charge in [0.25, 0.3) is 0 Å². The molecule has 0 amide bonds. The molecule has 16 heavy (non-hydrogen) atoms. The second-order valence-electron chi connectivity index (χ2n) is 4.87. The summed E-state index contributed by atoms with van der Waals surface area (Å²) in [4.78, 5) is 4.65. The van der Waals surface area contributed by atoms with E-state index in [4.69, 9.17) is 4.74 Å². The molecule has 1 unspecified atom stereocenters. The van der Waals surface area contributed by atoms with Crippen molar-refractivity contribution in [2.45, 2.75) is 33.7 Å². The van der Waals surface area contributed by atoms with Crippen LogP contribution in [0.2, 0.25) is 0 Å². The second kappa shape index (κ2) is 4.28. The molecular weight excluding hydrogens is 198 g/mol. The minimum atomic E-state index is 0.315. The summed E-state index contributed by atoms with van der Waals surface area (Å²) in [5.74, 6) is 1.36. The zero-order chi connectivity index (χ0) is 11.7. The predicted molar refractivity (Wildman–Crippen MR) is 67.0 cm³/mol. The maximum absolute atomic E-state index is 5.70. The van der Waals surface area contributed by atoms with Gasteiger partial charge >= 0.3 is 0 Å². The van der Waals surface area contributed by atoms with E-state index in [1.165, 1.54) is 11.1 Å². The molecule has 0 radical (unpaired) electrons. The van der Waals surface area contributed by atoms with E-state index in [1.807, 2.05) is 0 Å². The summed E-state index contributed by atoms with van der Waals surface area (Å²) in [6.45, 7) is 9.29.